The quantitative estimate of drug-likeness (QED) is 0.848. The van der Waals surface area contributed by atoms with E-state index < -0.39 is 6.10 Å². The predicted molar refractivity (Wildman–Crippen MR) is 70.5 cm³/mol. The van der Waals surface area contributed by atoms with Gasteiger partial charge in [-0.3, -0.25) is 0 Å². The van der Waals surface area contributed by atoms with Gasteiger partial charge in [0.05, 0.1) is 33.0 Å². The van der Waals surface area contributed by atoms with Crippen molar-refractivity contribution in [2.45, 2.75) is 26.4 Å². The molecule has 0 amide bonds. The van der Waals surface area contributed by atoms with Gasteiger partial charge in [-0.2, -0.15) is 0 Å². The van der Waals surface area contributed by atoms with Crippen LogP contribution in [0.25, 0.3) is 0 Å². The topological polar surface area (TPSA) is 47.9 Å². The van der Waals surface area contributed by atoms with Crippen molar-refractivity contribution in [3.05, 3.63) is 17.7 Å². The highest BCUT2D eigenvalue weighted by Crippen LogP contribution is 2.41. The Labute approximate surface area is 108 Å². The molecule has 0 aromatic heterocycles. The van der Waals surface area contributed by atoms with Crippen molar-refractivity contribution in [1.82, 2.24) is 0 Å². The molecule has 18 heavy (non-hydrogen) atoms. The van der Waals surface area contributed by atoms with Crippen molar-refractivity contribution < 1.29 is 19.3 Å². The minimum atomic E-state index is -0.620. The summed E-state index contributed by atoms with van der Waals surface area (Å²) in [7, 11) is 4.72. The molecule has 0 saturated heterocycles. The second-order valence-corrected chi connectivity index (χ2v) is 4.28. The summed E-state index contributed by atoms with van der Waals surface area (Å²) in [6.45, 7) is 4.03. The first-order valence-electron chi connectivity index (χ1n) is 6.06. The minimum absolute atomic E-state index is 0.126. The summed E-state index contributed by atoms with van der Waals surface area (Å²) in [5.74, 6) is 1.93. The number of hydrogen-bond acceptors (Lipinski definition) is 4. The van der Waals surface area contributed by atoms with Crippen molar-refractivity contribution in [2.75, 3.05) is 21.3 Å². The van der Waals surface area contributed by atoms with E-state index in [1.165, 1.54) is 0 Å². The fourth-order valence-corrected chi connectivity index (χ4v) is 1.83. The van der Waals surface area contributed by atoms with Gasteiger partial charge in [-0.05, 0) is 5.92 Å². The van der Waals surface area contributed by atoms with E-state index in [9.17, 15) is 5.11 Å². The fourth-order valence-electron chi connectivity index (χ4n) is 1.83. The molecule has 0 saturated carbocycles. The number of ether oxygens (including phenoxy) is 3. The Hall–Kier alpha value is -1.42. The standard InChI is InChI=1S/C14H22O4/c1-6-9(2)14(15)13-11(17-4)7-10(16-3)8-12(13)18-5/h7-9,14-15H,6H2,1-5H3. The van der Waals surface area contributed by atoms with Crippen LogP contribution >= 0.6 is 0 Å². The van der Waals surface area contributed by atoms with Crippen molar-refractivity contribution in [1.29, 1.82) is 0 Å². The van der Waals surface area contributed by atoms with Crippen LogP contribution in [-0.2, 0) is 0 Å². The van der Waals surface area contributed by atoms with Crippen LogP contribution in [0.15, 0.2) is 12.1 Å². The third kappa shape index (κ3) is 2.88. The highest BCUT2D eigenvalue weighted by atomic mass is 16.5. The molecule has 2 unspecified atom stereocenters. The summed E-state index contributed by atoms with van der Waals surface area (Å²) >= 11 is 0. The van der Waals surface area contributed by atoms with E-state index in [1.54, 1.807) is 33.5 Å². The van der Waals surface area contributed by atoms with E-state index in [1.807, 2.05) is 13.8 Å². The molecule has 0 aliphatic heterocycles. The van der Waals surface area contributed by atoms with Crippen LogP contribution in [0.2, 0.25) is 0 Å². The first-order valence-corrected chi connectivity index (χ1v) is 6.06. The summed E-state index contributed by atoms with van der Waals surface area (Å²) in [5.41, 5.74) is 0.676. The van der Waals surface area contributed by atoms with Crippen molar-refractivity contribution in [3.8, 4) is 17.2 Å². The number of aliphatic hydroxyl groups is 1. The summed E-state index contributed by atoms with van der Waals surface area (Å²) in [6.07, 6.45) is 0.255. The van der Waals surface area contributed by atoms with Gasteiger partial charge in [0.1, 0.15) is 17.2 Å². The number of aliphatic hydroxyl groups excluding tert-OH is 1. The molecule has 1 N–H and O–H groups in total. The van der Waals surface area contributed by atoms with E-state index in [-0.39, 0.29) is 5.92 Å². The Morgan fingerprint density at radius 2 is 1.56 bits per heavy atom. The zero-order chi connectivity index (χ0) is 13.7. The lowest BCUT2D eigenvalue weighted by Crippen LogP contribution is -2.11. The van der Waals surface area contributed by atoms with Crippen LogP contribution < -0.4 is 14.2 Å². The van der Waals surface area contributed by atoms with Gasteiger partial charge in [0, 0.05) is 12.1 Å². The zero-order valence-corrected chi connectivity index (χ0v) is 11.7. The largest absolute Gasteiger partial charge is 0.496 e. The molecule has 102 valence electrons. The van der Waals surface area contributed by atoms with Crippen molar-refractivity contribution >= 4 is 0 Å². The fraction of sp³-hybridized carbons (Fsp3) is 0.571. The maximum atomic E-state index is 10.4. The van der Waals surface area contributed by atoms with Crippen molar-refractivity contribution in [2.24, 2.45) is 5.92 Å². The van der Waals surface area contributed by atoms with E-state index >= 15 is 0 Å². The van der Waals surface area contributed by atoms with Crippen LogP contribution in [0.3, 0.4) is 0 Å². The highest BCUT2D eigenvalue weighted by molar-refractivity contribution is 5.52. The summed E-state index contributed by atoms with van der Waals surface area (Å²) < 4.78 is 15.8. The molecule has 0 fully saturated rings. The van der Waals surface area contributed by atoms with Gasteiger partial charge in [0.15, 0.2) is 0 Å². The molecular weight excluding hydrogens is 232 g/mol. The SMILES string of the molecule is CCC(C)C(O)c1c(OC)cc(OC)cc1OC. The van der Waals surface area contributed by atoms with E-state index in [2.05, 4.69) is 0 Å². The number of rotatable bonds is 6. The molecule has 0 heterocycles. The van der Waals surface area contributed by atoms with Gasteiger partial charge in [0.2, 0.25) is 0 Å². The molecule has 0 radical (unpaired) electrons. The van der Waals surface area contributed by atoms with Gasteiger partial charge in [0.25, 0.3) is 0 Å². The van der Waals surface area contributed by atoms with E-state index in [0.717, 1.165) is 6.42 Å². The molecule has 0 aliphatic rings. The van der Waals surface area contributed by atoms with Gasteiger partial charge < -0.3 is 19.3 Å². The lowest BCUT2D eigenvalue weighted by molar-refractivity contribution is 0.109. The van der Waals surface area contributed by atoms with Crippen LogP contribution in [-0.4, -0.2) is 26.4 Å². The first kappa shape index (κ1) is 14.6. The first-order chi connectivity index (χ1) is 8.58. The summed E-state index contributed by atoms with van der Waals surface area (Å²) in [6, 6.07) is 3.51. The van der Waals surface area contributed by atoms with E-state index in [0.29, 0.717) is 22.8 Å². The molecule has 0 spiro atoms. The Bertz CT molecular complexity index is 364. The van der Waals surface area contributed by atoms with E-state index in [4.69, 9.17) is 14.2 Å². The predicted octanol–water partition coefficient (Wildman–Crippen LogP) is 2.79. The zero-order valence-electron chi connectivity index (χ0n) is 11.7. The molecule has 1 aromatic carbocycles. The van der Waals surface area contributed by atoms with Gasteiger partial charge >= 0.3 is 0 Å². The molecular formula is C14H22O4. The van der Waals surface area contributed by atoms with Crippen LogP contribution in [0.5, 0.6) is 17.2 Å². The maximum absolute atomic E-state index is 10.4. The third-order valence-corrected chi connectivity index (χ3v) is 3.23. The average molecular weight is 254 g/mol. The molecule has 1 aromatic rings. The van der Waals surface area contributed by atoms with Crippen LogP contribution in [0.1, 0.15) is 31.9 Å². The second-order valence-electron chi connectivity index (χ2n) is 4.28. The van der Waals surface area contributed by atoms with Crippen LogP contribution in [0.4, 0.5) is 0 Å². The molecule has 4 heteroatoms. The lowest BCUT2D eigenvalue weighted by atomic mass is 9.93. The Kier molecular flexibility index (Phi) is 5.28. The van der Waals surface area contributed by atoms with Gasteiger partial charge in [-0.25, -0.2) is 0 Å². The highest BCUT2D eigenvalue weighted by Gasteiger charge is 2.24. The molecule has 0 aliphatic carbocycles. The Balaban J connectivity index is 3.30. The van der Waals surface area contributed by atoms with Crippen molar-refractivity contribution in [3.63, 3.8) is 0 Å². The Morgan fingerprint density at radius 1 is 1.06 bits per heavy atom. The molecule has 0 bridgehead atoms. The summed E-state index contributed by atoms with van der Waals surface area (Å²) in [4.78, 5) is 0. The van der Waals surface area contributed by atoms with Gasteiger partial charge in [-0.1, -0.05) is 20.3 Å². The summed E-state index contributed by atoms with van der Waals surface area (Å²) in [5, 5.41) is 10.4. The molecule has 4 nitrogen and oxygen atoms in total. The number of benzene rings is 1. The maximum Gasteiger partial charge on any atom is 0.132 e. The third-order valence-electron chi connectivity index (χ3n) is 3.23. The number of hydrogen-bond donors (Lipinski definition) is 1. The number of methoxy groups -OCH3 is 3. The molecule has 2 atom stereocenters. The minimum Gasteiger partial charge on any atom is -0.496 e. The molecule has 1 rings (SSSR count). The Morgan fingerprint density at radius 3 is 1.89 bits per heavy atom. The average Bonchev–Trinajstić information content (AvgIpc) is 2.43. The lowest BCUT2D eigenvalue weighted by Gasteiger charge is -2.23. The van der Waals surface area contributed by atoms with Gasteiger partial charge in [-0.15, -0.1) is 0 Å². The second kappa shape index (κ2) is 6.50. The smallest absolute Gasteiger partial charge is 0.132 e. The van der Waals surface area contributed by atoms with Crippen LogP contribution in [0, 0.1) is 5.92 Å². The normalized spacial score (nSPS) is 13.9. The monoisotopic (exact) mass is 254 g/mol.